The van der Waals surface area contributed by atoms with E-state index in [9.17, 15) is 4.39 Å². The number of aromatic nitrogens is 1. The van der Waals surface area contributed by atoms with Crippen molar-refractivity contribution in [1.29, 1.82) is 0 Å². The standard InChI is InChI=1S/C17H21FN4O2S.HI/c1-10-11(2)25-15(22-10)7-21-17(19-3)20-6-12-4-14(18)5-13-8-23-9-24-16(12)13;/h4-5H,6-9H2,1-3H3,(H2,19,20,21);1H. The SMILES string of the molecule is CN=C(NCc1nc(C)c(C)s1)NCc1cc(F)cc2c1OCOC2.I. The summed E-state index contributed by atoms with van der Waals surface area (Å²) < 4.78 is 24.5. The number of hydrogen-bond donors (Lipinski definition) is 2. The largest absolute Gasteiger partial charge is 0.467 e. The van der Waals surface area contributed by atoms with Gasteiger partial charge in [-0.1, -0.05) is 0 Å². The van der Waals surface area contributed by atoms with E-state index in [4.69, 9.17) is 9.47 Å². The maximum atomic E-state index is 13.8. The lowest BCUT2D eigenvalue weighted by Gasteiger charge is -2.21. The van der Waals surface area contributed by atoms with Crippen molar-refractivity contribution in [2.75, 3.05) is 13.8 Å². The zero-order valence-corrected chi connectivity index (χ0v) is 18.0. The van der Waals surface area contributed by atoms with Crippen LogP contribution in [0.4, 0.5) is 4.39 Å². The van der Waals surface area contributed by atoms with E-state index in [2.05, 4.69) is 27.5 Å². The minimum atomic E-state index is -0.304. The predicted octanol–water partition coefficient (Wildman–Crippen LogP) is 3.25. The molecular formula is C17H22FIN4O2S. The fraction of sp³-hybridized carbons (Fsp3) is 0.412. The molecular weight excluding hydrogens is 470 g/mol. The summed E-state index contributed by atoms with van der Waals surface area (Å²) in [6, 6.07) is 2.91. The average molecular weight is 492 g/mol. The quantitative estimate of drug-likeness (QED) is 0.390. The van der Waals surface area contributed by atoms with Crippen molar-refractivity contribution in [1.82, 2.24) is 15.6 Å². The van der Waals surface area contributed by atoms with E-state index >= 15 is 0 Å². The van der Waals surface area contributed by atoms with Gasteiger partial charge in [-0.15, -0.1) is 35.3 Å². The number of thiazole rings is 1. The highest BCUT2D eigenvalue weighted by molar-refractivity contribution is 14.0. The summed E-state index contributed by atoms with van der Waals surface area (Å²) in [6.07, 6.45) is 0. The summed E-state index contributed by atoms with van der Waals surface area (Å²) >= 11 is 1.66. The van der Waals surface area contributed by atoms with Gasteiger partial charge in [0.15, 0.2) is 12.8 Å². The summed E-state index contributed by atoms with van der Waals surface area (Å²) in [5, 5.41) is 7.40. The molecule has 0 aliphatic carbocycles. The maximum absolute atomic E-state index is 13.8. The molecule has 1 aliphatic rings. The van der Waals surface area contributed by atoms with Gasteiger partial charge in [-0.25, -0.2) is 9.37 Å². The van der Waals surface area contributed by atoms with Crippen LogP contribution in [0.15, 0.2) is 17.1 Å². The summed E-state index contributed by atoms with van der Waals surface area (Å²) in [7, 11) is 1.69. The second-order valence-electron chi connectivity index (χ2n) is 5.69. The van der Waals surface area contributed by atoms with Crippen molar-refractivity contribution < 1.29 is 13.9 Å². The smallest absolute Gasteiger partial charge is 0.191 e. The molecule has 0 radical (unpaired) electrons. The Bertz CT molecular complexity index is 778. The van der Waals surface area contributed by atoms with Crippen molar-refractivity contribution in [2.45, 2.75) is 33.5 Å². The number of aryl methyl sites for hydroxylation is 2. The first-order chi connectivity index (χ1) is 12.1. The van der Waals surface area contributed by atoms with Gasteiger partial charge in [0.1, 0.15) is 16.6 Å². The number of fused-ring (bicyclic) bond motifs is 1. The molecule has 26 heavy (non-hydrogen) atoms. The van der Waals surface area contributed by atoms with Crippen molar-refractivity contribution in [3.63, 3.8) is 0 Å². The fourth-order valence-corrected chi connectivity index (χ4v) is 3.44. The molecule has 9 heteroatoms. The third-order valence-electron chi connectivity index (χ3n) is 3.90. The molecule has 1 aromatic carbocycles. The summed E-state index contributed by atoms with van der Waals surface area (Å²) in [5.41, 5.74) is 2.51. The van der Waals surface area contributed by atoms with Crippen LogP contribution >= 0.6 is 35.3 Å². The van der Waals surface area contributed by atoms with Crippen molar-refractivity contribution in [2.24, 2.45) is 4.99 Å². The molecule has 0 saturated carbocycles. The van der Waals surface area contributed by atoms with E-state index in [0.717, 1.165) is 21.8 Å². The zero-order valence-electron chi connectivity index (χ0n) is 14.9. The van der Waals surface area contributed by atoms with Crippen molar-refractivity contribution in [3.8, 4) is 5.75 Å². The van der Waals surface area contributed by atoms with Crippen LogP contribution in [0.1, 0.15) is 26.7 Å². The number of nitrogens with zero attached hydrogens (tertiary/aromatic N) is 2. The van der Waals surface area contributed by atoms with Crippen LogP contribution in [0.3, 0.4) is 0 Å². The van der Waals surface area contributed by atoms with Gasteiger partial charge < -0.3 is 20.1 Å². The highest BCUT2D eigenvalue weighted by Gasteiger charge is 2.17. The average Bonchev–Trinajstić information content (AvgIpc) is 2.92. The van der Waals surface area contributed by atoms with Crippen molar-refractivity contribution >= 4 is 41.3 Å². The number of hydrogen-bond acceptors (Lipinski definition) is 5. The summed E-state index contributed by atoms with van der Waals surface area (Å²) in [4.78, 5) is 9.90. The molecule has 2 N–H and O–H groups in total. The Morgan fingerprint density at radius 2 is 2.08 bits per heavy atom. The van der Waals surface area contributed by atoms with Crippen molar-refractivity contribution in [3.05, 3.63) is 44.7 Å². The van der Waals surface area contributed by atoms with Gasteiger partial charge in [-0.2, -0.15) is 0 Å². The first kappa shape index (κ1) is 20.8. The Hall–Kier alpha value is -1.46. The minimum absolute atomic E-state index is 0. The Kier molecular flexibility index (Phi) is 7.59. The normalized spacial score (nSPS) is 13.5. The number of aliphatic imine (C=N–C) groups is 1. The molecule has 3 rings (SSSR count). The van der Waals surface area contributed by atoms with Gasteiger partial charge in [-0.3, -0.25) is 4.99 Å². The van der Waals surface area contributed by atoms with Crippen LogP contribution in [-0.2, 0) is 24.4 Å². The van der Waals surface area contributed by atoms with Gasteiger partial charge in [0, 0.05) is 29.6 Å². The number of nitrogens with one attached hydrogen (secondary N) is 2. The molecule has 142 valence electrons. The summed E-state index contributed by atoms with van der Waals surface area (Å²) in [5.74, 6) is 0.999. The molecule has 0 fully saturated rings. The second kappa shape index (κ2) is 9.47. The monoisotopic (exact) mass is 492 g/mol. The first-order valence-electron chi connectivity index (χ1n) is 7.96. The molecule has 2 heterocycles. The maximum Gasteiger partial charge on any atom is 0.191 e. The molecule has 1 aliphatic heterocycles. The highest BCUT2D eigenvalue weighted by atomic mass is 127. The minimum Gasteiger partial charge on any atom is -0.467 e. The number of halogens is 2. The van der Waals surface area contributed by atoms with Crippen LogP contribution in [0, 0.1) is 19.7 Å². The molecule has 0 unspecified atom stereocenters. The van der Waals surface area contributed by atoms with E-state index in [1.165, 1.54) is 17.0 Å². The van der Waals surface area contributed by atoms with Gasteiger partial charge in [0.05, 0.1) is 18.8 Å². The Balaban J connectivity index is 0.00000243. The molecule has 2 aromatic rings. The first-order valence-corrected chi connectivity index (χ1v) is 8.77. The third-order valence-corrected chi connectivity index (χ3v) is 4.97. The molecule has 1 aromatic heterocycles. The van der Waals surface area contributed by atoms with Gasteiger partial charge in [0.25, 0.3) is 0 Å². The molecule has 0 spiro atoms. The Labute approximate surface area is 173 Å². The Morgan fingerprint density at radius 1 is 1.31 bits per heavy atom. The zero-order chi connectivity index (χ0) is 17.8. The number of benzene rings is 1. The van der Waals surface area contributed by atoms with E-state index < -0.39 is 0 Å². The van der Waals surface area contributed by atoms with Crippen LogP contribution in [0.5, 0.6) is 5.75 Å². The molecule has 0 amide bonds. The number of rotatable bonds is 4. The lowest BCUT2D eigenvalue weighted by Crippen LogP contribution is -2.36. The van der Waals surface area contributed by atoms with Crippen LogP contribution < -0.4 is 15.4 Å². The Morgan fingerprint density at radius 3 is 2.77 bits per heavy atom. The van der Waals surface area contributed by atoms with Crippen LogP contribution in [0.2, 0.25) is 0 Å². The predicted molar refractivity (Wildman–Crippen MR) is 111 cm³/mol. The van der Waals surface area contributed by atoms with E-state index in [1.807, 2.05) is 6.92 Å². The van der Waals surface area contributed by atoms with Crippen LogP contribution in [-0.4, -0.2) is 24.8 Å². The summed E-state index contributed by atoms with van der Waals surface area (Å²) in [6.45, 7) is 5.58. The van der Waals surface area contributed by atoms with Gasteiger partial charge in [0.2, 0.25) is 0 Å². The molecule has 0 saturated heterocycles. The topological polar surface area (TPSA) is 67.8 Å². The third kappa shape index (κ3) is 5.04. The highest BCUT2D eigenvalue weighted by Crippen LogP contribution is 2.29. The lowest BCUT2D eigenvalue weighted by atomic mass is 10.1. The van der Waals surface area contributed by atoms with E-state index in [0.29, 0.717) is 31.4 Å². The fourth-order valence-electron chi connectivity index (χ4n) is 2.56. The second-order valence-corrected chi connectivity index (χ2v) is 6.98. The molecule has 6 nitrogen and oxygen atoms in total. The lowest BCUT2D eigenvalue weighted by molar-refractivity contribution is -0.0172. The van der Waals surface area contributed by atoms with Gasteiger partial charge >= 0.3 is 0 Å². The molecule has 0 bridgehead atoms. The number of guanidine groups is 1. The van der Waals surface area contributed by atoms with Crippen LogP contribution in [0.25, 0.3) is 0 Å². The number of ether oxygens (including phenoxy) is 2. The van der Waals surface area contributed by atoms with E-state index in [-0.39, 0.29) is 36.6 Å². The van der Waals surface area contributed by atoms with E-state index in [1.54, 1.807) is 18.4 Å². The molecule has 0 atom stereocenters. The van der Waals surface area contributed by atoms with Gasteiger partial charge in [-0.05, 0) is 26.0 Å².